The number of carbonyl (C=O) groups is 1. The molecule has 0 aromatic carbocycles. The molecule has 2 amide bonds. The number of urea groups is 1. The summed E-state index contributed by atoms with van der Waals surface area (Å²) in [5.74, 6) is 0. The highest BCUT2D eigenvalue weighted by Gasteiger charge is 1.87. The average molecular weight is 140 g/mol. The van der Waals surface area contributed by atoms with Crippen LogP contribution in [-0.4, -0.2) is 6.03 Å². The Balaban J connectivity index is 3.44. The number of nitrogens with one attached hydrogen (secondary N) is 2. The number of hydrogen-bond donors (Lipinski definition) is 2. The van der Waals surface area contributed by atoms with E-state index in [1.165, 1.54) is 0 Å². The van der Waals surface area contributed by atoms with Crippen molar-refractivity contribution in [2.45, 2.75) is 13.8 Å². The van der Waals surface area contributed by atoms with Gasteiger partial charge in [0.2, 0.25) is 0 Å². The van der Waals surface area contributed by atoms with Crippen LogP contribution in [0.3, 0.4) is 0 Å². The molecule has 0 unspecified atom stereocenters. The Morgan fingerprint density at radius 1 is 1.10 bits per heavy atom. The summed E-state index contributed by atoms with van der Waals surface area (Å²) in [7, 11) is 0. The topological polar surface area (TPSA) is 41.1 Å². The van der Waals surface area contributed by atoms with Gasteiger partial charge in [-0.1, -0.05) is 12.2 Å². The van der Waals surface area contributed by atoms with E-state index < -0.39 is 0 Å². The highest BCUT2D eigenvalue weighted by molar-refractivity contribution is 5.75. The van der Waals surface area contributed by atoms with E-state index in [1.54, 1.807) is 24.6 Å². The fourth-order valence-electron chi connectivity index (χ4n) is 0.360. The van der Waals surface area contributed by atoms with Crippen LogP contribution in [0.2, 0.25) is 0 Å². The molecule has 10 heavy (non-hydrogen) atoms. The van der Waals surface area contributed by atoms with Gasteiger partial charge in [-0.25, -0.2) is 4.79 Å². The van der Waals surface area contributed by atoms with Crippen LogP contribution < -0.4 is 10.6 Å². The van der Waals surface area contributed by atoms with Crippen molar-refractivity contribution in [3.05, 3.63) is 24.6 Å². The second kappa shape index (κ2) is 5.88. The number of hydrogen-bond acceptors (Lipinski definition) is 1. The molecular formula is C7H12N2O. The van der Waals surface area contributed by atoms with Crippen LogP contribution in [0.15, 0.2) is 24.6 Å². The molecule has 0 heterocycles. The summed E-state index contributed by atoms with van der Waals surface area (Å²) in [6.45, 7) is 3.66. The van der Waals surface area contributed by atoms with E-state index in [0.29, 0.717) is 0 Å². The molecule has 3 nitrogen and oxygen atoms in total. The average Bonchev–Trinajstić information content (AvgIpc) is 1.97. The Morgan fingerprint density at radius 3 is 1.80 bits per heavy atom. The third kappa shape index (κ3) is 4.90. The largest absolute Gasteiger partial charge is 0.322 e. The smallest absolute Gasteiger partial charge is 0.315 e. The molecule has 0 saturated heterocycles. The highest BCUT2D eigenvalue weighted by Crippen LogP contribution is 1.68. The SMILES string of the molecule is C/C=C/NC(=O)N/C=C/C. The van der Waals surface area contributed by atoms with Gasteiger partial charge in [0, 0.05) is 12.4 Å². The fraction of sp³-hybridized carbons (Fsp3) is 0.286. The van der Waals surface area contributed by atoms with E-state index in [0.717, 1.165) is 0 Å². The van der Waals surface area contributed by atoms with E-state index in [2.05, 4.69) is 10.6 Å². The highest BCUT2D eigenvalue weighted by atomic mass is 16.2. The Morgan fingerprint density at radius 2 is 1.50 bits per heavy atom. The standard InChI is InChI=1S/C7H12N2O/c1-3-5-8-7(10)9-6-4-2/h3-6H,1-2H3,(H2,8,9,10)/b5-3+,6-4+. The normalized spacial score (nSPS) is 10.6. The van der Waals surface area contributed by atoms with Crippen LogP contribution in [0, 0.1) is 0 Å². The van der Waals surface area contributed by atoms with Crippen molar-refractivity contribution >= 4 is 6.03 Å². The number of allylic oxidation sites excluding steroid dienone is 2. The first-order valence-electron chi connectivity index (χ1n) is 3.10. The van der Waals surface area contributed by atoms with Gasteiger partial charge in [0.05, 0.1) is 0 Å². The van der Waals surface area contributed by atoms with Crippen LogP contribution in [0.25, 0.3) is 0 Å². The van der Waals surface area contributed by atoms with Crippen LogP contribution in [-0.2, 0) is 0 Å². The molecule has 0 fully saturated rings. The molecule has 0 aromatic heterocycles. The van der Waals surface area contributed by atoms with Gasteiger partial charge in [0.15, 0.2) is 0 Å². The van der Waals surface area contributed by atoms with Crippen molar-refractivity contribution in [1.29, 1.82) is 0 Å². The lowest BCUT2D eigenvalue weighted by molar-refractivity contribution is 0.247. The van der Waals surface area contributed by atoms with Gasteiger partial charge < -0.3 is 10.6 Å². The summed E-state index contributed by atoms with van der Waals surface area (Å²) in [4.78, 5) is 10.6. The Labute approximate surface area is 60.8 Å². The lowest BCUT2D eigenvalue weighted by Crippen LogP contribution is -2.27. The summed E-state index contributed by atoms with van der Waals surface area (Å²) in [6.07, 6.45) is 6.63. The van der Waals surface area contributed by atoms with E-state index in [-0.39, 0.29) is 6.03 Å². The minimum Gasteiger partial charge on any atom is -0.315 e. The van der Waals surface area contributed by atoms with Gasteiger partial charge in [0.1, 0.15) is 0 Å². The predicted molar refractivity (Wildman–Crippen MR) is 41.3 cm³/mol. The molecule has 0 radical (unpaired) electrons. The maximum Gasteiger partial charge on any atom is 0.322 e. The zero-order chi connectivity index (χ0) is 7.82. The van der Waals surface area contributed by atoms with Gasteiger partial charge in [-0.2, -0.15) is 0 Å². The molecular weight excluding hydrogens is 128 g/mol. The van der Waals surface area contributed by atoms with Gasteiger partial charge in [0.25, 0.3) is 0 Å². The molecule has 3 heteroatoms. The van der Waals surface area contributed by atoms with Crippen LogP contribution >= 0.6 is 0 Å². The molecule has 0 atom stereocenters. The molecule has 0 aromatic rings. The van der Waals surface area contributed by atoms with Crippen LogP contribution in [0.5, 0.6) is 0 Å². The van der Waals surface area contributed by atoms with Crippen molar-refractivity contribution in [2.75, 3.05) is 0 Å². The third-order valence-corrected chi connectivity index (χ3v) is 0.762. The zero-order valence-electron chi connectivity index (χ0n) is 6.22. The Bertz CT molecular complexity index is 134. The van der Waals surface area contributed by atoms with Crippen molar-refractivity contribution in [2.24, 2.45) is 0 Å². The molecule has 0 aliphatic carbocycles. The first kappa shape index (κ1) is 8.75. The van der Waals surface area contributed by atoms with E-state index in [1.807, 2.05) is 13.8 Å². The molecule has 0 rings (SSSR count). The maximum atomic E-state index is 10.6. The molecule has 0 bridgehead atoms. The zero-order valence-corrected chi connectivity index (χ0v) is 6.22. The summed E-state index contributed by atoms with van der Waals surface area (Å²) in [5.41, 5.74) is 0. The predicted octanol–water partition coefficient (Wildman–Crippen LogP) is 1.35. The van der Waals surface area contributed by atoms with Crippen LogP contribution in [0.1, 0.15) is 13.8 Å². The Kier molecular flexibility index (Phi) is 5.14. The summed E-state index contributed by atoms with van der Waals surface area (Å²) < 4.78 is 0. The van der Waals surface area contributed by atoms with Crippen molar-refractivity contribution in [3.8, 4) is 0 Å². The first-order valence-corrected chi connectivity index (χ1v) is 3.10. The van der Waals surface area contributed by atoms with Gasteiger partial charge >= 0.3 is 6.03 Å². The third-order valence-electron chi connectivity index (χ3n) is 0.762. The molecule has 0 aliphatic heterocycles. The monoisotopic (exact) mass is 140 g/mol. The quantitative estimate of drug-likeness (QED) is 0.597. The summed E-state index contributed by atoms with van der Waals surface area (Å²) in [5, 5.41) is 4.97. The van der Waals surface area contributed by atoms with Gasteiger partial charge in [-0.3, -0.25) is 0 Å². The maximum absolute atomic E-state index is 10.6. The minimum absolute atomic E-state index is 0.226. The minimum atomic E-state index is -0.226. The molecule has 0 saturated carbocycles. The fourth-order valence-corrected chi connectivity index (χ4v) is 0.360. The lowest BCUT2D eigenvalue weighted by atomic mass is 10.7. The van der Waals surface area contributed by atoms with Gasteiger partial charge in [-0.15, -0.1) is 0 Å². The van der Waals surface area contributed by atoms with Crippen molar-refractivity contribution in [1.82, 2.24) is 10.6 Å². The van der Waals surface area contributed by atoms with Gasteiger partial charge in [-0.05, 0) is 13.8 Å². The molecule has 56 valence electrons. The second-order valence-corrected chi connectivity index (χ2v) is 1.62. The number of amides is 2. The summed E-state index contributed by atoms with van der Waals surface area (Å²) in [6, 6.07) is -0.226. The van der Waals surface area contributed by atoms with E-state index >= 15 is 0 Å². The Hall–Kier alpha value is -1.25. The summed E-state index contributed by atoms with van der Waals surface area (Å²) >= 11 is 0. The van der Waals surface area contributed by atoms with Crippen LogP contribution in [0.4, 0.5) is 4.79 Å². The van der Waals surface area contributed by atoms with Crippen molar-refractivity contribution < 1.29 is 4.79 Å². The molecule has 2 N–H and O–H groups in total. The van der Waals surface area contributed by atoms with E-state index in [9.17, 15) is 4.79 Å². The van der Waals surface area contributed by atoms with Crippen molar-refractivity contribution in [3.63, 3.8) is 0 Å². The first-order chi connectivity index (χ1) is 4.81. The second-order valence-electron chi connectivity index (χ2n) is 1.62. The molecule has 0 aliphatic rings. The number of rotatable bonds is 2. The number of carbonyl (C=O) groups excluding carboxylic acids is 1. The lowest BCUT2D eigenvalue weighted by Gasteiger charge is -1.95. The van der Waals surface area contributed by atoms with E-state index in [4.69, 9.17) is 0 Å². The molecule has 0 spiro atoms.